The predicted octanol–water partition coefficient (Wildman–Crippen LogP) is 3.68. The molecular formula is C20H27N3O3S. The highest BCUT2D eigenvalue weighted by Crippen LogP contribution is 2.30. The summed E-state index contributed by atoms with van der Waals surface area (Å²) in [5, 5.41) is 4.59. The molecule has 1 heterocycles. The first kappa shape index (κ1) is 19.5. The Balaban J connectivity index is 1.61. The number of carbonyl (C=O) groups is 1. The van der Waals surface area contributed by atoms with E-state index in [1.165, 1.54) is 12.8 Å². The summed E-state index contributed by atoms with van der Waals surface area (Å²) in [5.41, 5.74) is 6.82. The molecule has 2 aromatic rings. The summed E-state index contributed by atoms with van der Waals surface area (Å²) in [6, 6.07) is 5.78. The normalized spacial score (nSPS) is 22.3. The van der Waals surface area contributed by atoms with Crippen molar-refractivity contribution in [3.05, 3.63) is 29.5 Å². The SMILES string of the molecule is COc1ccc2oc(C(=O)NNC(=S)N[C@@H]3CCC[C@@H](C)[C@@H]3C)c(C)c2c1. The van der Waals surface area contributed by atoms with Gasteiger partial charge in [0.25, 0.3) is 0 Å². The monoisotopic (exact) mass is 389 g/mol. The summed E-state index contributed by atoms with van der Waals surface area (Å²) >= 11 is 5.34. The van der Waals surface area contributed by atoms with Gasteiger partial charge in [-0.05, 0) is 55.6 Å². The minimum absolute atomic E-state index is 0.258. The van der Waals surface area contributed by atoms with E-state index in [9.17, 15) is 4.79 Å². The van der Waals surface area contributed by atoms with Gasteiger partial charge < -0.3 is 14.5 Å². The van der Waals surface area contributed by atoms with E-state index in [0.717, 1.165) is 23.1 Å². The Morgan fingerprint density at radius 3 is 2.78 bits per heavy atom. The number of benzene rings is 1. The number of hydrogen-bond acceptors (Lipinski definition) is 4. The van der Waals surface area contributed by atoms with E-state index in [0.29, 0.717) is 28.6 Å². The van der Waals surface area contributed by atoms with Gasteiger partial charge in [0.05, 0.1) is 7.11 Å². The zero-order chi connectivity index (χ0) is 19.6. The zero-order valence-corrected chi connectivity index (χ0v) is 17.0. The summed E-state index contributed by atoms with van der Waals surface area (Å²) in [6.45, 7) is 6.37. The molecule has 3 atom stereocenters. The molecule has 1 aliphatic rings. The average molecular weight is 390 g/mol. The molecule has 0 bridgehead atoms. The van der Waals surface area contributed by atoms with Crippen molar-refractivity contribution in [1.82, 2.24) is 16.2 Å². The van der Waals surface area contributed by atoms with Crippen LogP contribution in [-0.2, 0) is 0 Å². The number of amides is 1. The fourth-order valence-electron chi connectivity index (χ4n) is 3.70. The van der Waals surface area contributed by atoms with Crippen molar-refractivity contribution in [1.29, 1.82) is 0 Å². The lowest BCUT2D eigenvalue weighted by molar-refractivity contribution is 0.0916. The largest absolute Gasteiger partial charge is 0.497 e. The van der Waals surface area contributed by atoms with Gasteiger partial charge in [-0.2, -0.15) is 0 Å². The van der Waals surface area contributed by atoms with Gasteiger partial charge in [-0.1, -0.05) is 26.7 Å². The smallest absolute Gasteiger partial charge is 0.305 e. The van der Waals surface area contributed by atoms with E-state index in [1.54, 1.807) is 19.2 Å². The maximum Gasteiger partial charge on any atom is 0.305 e. The van der Waals surface area contributed by atoms with Crippen LogP contribution in [0.15, 0.2) is 22.6 Å². The predicted molar refractivity (Wildman–Crippen MR) is 110 cm³/mol. The Hall–Kier alpha value is -2.28. The highest BCUT2D eigenvalue weighted by atomic mass is 32.1. The molecule has 0 radical (unpaired) electrons. The molecule has 3 rings (SSSR count). The maximum absolute atomic E-state index is 12.5. The number of carbonyl (C=O) groups excluding carboxylic acids is 1. The second kappa shape index (κ2) is 8.17. The van der Waals surface area contributed by atoms with Crippen LogP contribution in [-0.4, -0.2) is 24.2 Å². The number of ether oxygens (including phenoxy) is 1. The van der Waals surface area contributed by atoms with Gasteiger partial charge in [0.15, 0.2) is 10.9 Å². The highest BCUT2D eigenvalue weighted by Gasteiger charge is 2.27. The number of hydrazine groups is 1. The number of furan rings is 1. The van der Waals surface area contributed by atoms with Gasteiger partial charge >= 0.3 is 5.91 Å². The van der Waals surface area contributed by atoms with E-state index in [-0.39, 0.29) is 11.7 Å². The molecule has 146 valence electrons. The first-order valence-electron chi connectivity index (χ1n) is 9.34. The molecule has 0 spiro atoms. The topological polar surface area (TPSA) is 75.5 Å². The molecule has 1 aliphatic carbocycles. The minimum atomic E-state index is -0.364. The van der Waals surface area contributed by atoms with E-state index >= 15 is 0 Å². The number of nitrogens with one attached hydrogen (secondary N) is 3. The molecule has 0 saturated heterocycles. The molecule has 0 aliphatic heterocycles. The Bertz CT molecular complexity index is 848. The van der Waals surface area contributed by atoms with Gasteiger partial charge in [-0.25, -0.2) is 0 Å². The average Bonchev–Trinajstić information content (AvgIpc) is 2.99. The minimum Gasteiger partial charge on any atom is -0.497 e. The van der Waals surface area contributed by atoms with Gasteiger partial charge in [-0.15, -0.1) is 0 Å². The van der Waals surface area contributed by atoms with Crippen LogP contribution in [0.4, 0.5) is 0 Å². The van der Waals surface area contributed by atoms with Crippen molar-refractivity contribution in [2.75, 3.05) is 7.11 Å². The van der Waals surface area contributed by atoms with Crippen LogP contribution >= 0.6 is 12.2 Å². The third kappa shape index (κ3) is 4.18. The lowest BCUT2D eigenvalue weighted by Crippen LogP contribution is -2.52. The van der Waals surface area contributed by atoms with Crippen molar-refractivity contribution in [2.24, 2.45) is 11.8 Å². The first-order valence-corrected chi connectivity index (χ1v) is 9.75. The number of methoxy groups -OCH3 is 1. The summed E-state index contributed by atoms with van der Waals surface area (Å²) in [7, 11) is 1.61. The number of thiocarbonyl (C=S) groups is 1. The van der Waals surface area contributed by atoms with Crippen molar-refractivity contribution < 1.29 is 13.9 Å². The highest BCUT2D eigenvalue weighted by molar-refractivity contribution is 7.80. The van der Waals surface area contributed by atoms with Crippen molar-refractivity contribution in [2.45, 2.75) is 46.1 Å². The van der Waals surface area contributed by atoms with Crippen LogP contribution in [0, 0.1) is 18.8 Å². The van der Waals surface area contributed by atoms with Crippen molar-refractivity contribution >= 4 is 34.2 Å². The number of hydrogen-bond donors (Lipinski definition) is 3. The molecule has 3 N–H and O–H groups in total. The van der Waals surface area contributed by atoms with E-state index in [2.05, 4.69) is 30.0 Å². The van der Waals surface area contributed by atoms with Crippen LogP contribution in [0.1, 0.15) is 49.2 Å². The van der Waals surface area contributed by atoms with Gasteiger partial charge in [0, 0.05) is 17.0 Å². The van der Waals surface area contributed by atoms with E-state index in [4.69, 9.17) is 21.4 Å². The third-order valence-electron chi connectivity index (χ3n) is 5.66. The van der Waals surface area contributed by atoms with Crippen LogP contribution in [0.2, 0.25) is 0 Å². The maximum atomic E-state index is 12.5. The fraction of sp³-hybridized carbons (Fsp3) is 0.500. The zero-order valence-electron chi connectivity index (χ0n) is 16.2. The van der Waals surface area contributed by atoms with Crippen LogP contribution in [0.5, 0.6) is 5.75 Å². The van der Waals surface area contributed by atoms with Crippen LogP contribution in [0.25, 0.3) is 11.0 Å². The molecule has 0 unspecified atom stereocenters. The van der Waals surface area contributed by atoms with E-state index < -0.39 is 0 Å². The molecule has 1 saturated carbocycles. The summed E-state index contributed by atoms with van der Waals surface area (Å²) in [4.78, 5) is 12.5. The molecule has 1 fully saturated rings. The molecule has 1 amide bonds. The standard InChI is InChI=1S/C20H27N3O3S/c1-11-6-5-7-16(12(11)2)21-20(27)23-22-19(24)18-13(3)15-10-14(25-4)8-9-17(15)26-18/h8-12,16H,5-7H2,1-4H3,(H,22,24)(H2,21,23,27)/t11-,12+,16-/m1/s1. The third-order valence-corrected chi connectivity index (χ3v) is 5.88. The summed E-state index contributed by atoms with van der Waals surface area (Å²) in [5.74, 6) is 1.83. The van der Waals surface area contributed by atoms with Gasteiger partial charge in [0.1, 0.15) is 11.3 Å². The number of fused-ring (bicyclic) bond motifs is 1. The Labute approximate surface area is 165 Å². The lowest BCUT2D eigenvalue weighted by atomic mass is 9.78. The summed E-state index contributed by atoms with van der Waals surface area (Å²) < 4.78 is 10.9. The molecule has 1 aromatic carbocycles. The first-order chi connectivity index (χ1) is 12.9. The van der Waals surface area contributed by atoms with Crippen molar-refractivity contribution in [3.63, 3.8) is 0 Å². The van der Waals surface area contributed by atoms with Gasteiger partial charge in [-0.3, -0.25) is 15.6 Å². The number of rotatable bonds is 3. The molecule has 27 heavy (non-hydrogen) atoms. The van der Waals surface area contributed by atoms with Gasteiger partial charge in [0.2, 0.25) is 0 Å². The molecule has 7 heteroatoms. The van der Waals surface area contributed by atoms with Crippen LogP contribution in [0.3, 0.4) is 0 Å². The lowest BCUT2D eigenvalue weighted by Gasteiger charge is -2.35. The second-order valence-corrected chi connectivity index (χ2v) is 7.75. The Kier molecular flexibility index (Phi) is 5.89. The molecule has 1 aromatic heterocycles. The second-order valence-electron chi connectivity index (χ2n) is 7.34. The van der Waals surface area contributed by atoms with Crippen LogP contribution < -0.4 is 20.9 Å². The summed E-state index contributed by atoms with van der Waals surface area (Å²) in [6.07, 6.45) is 3.54. The Morgan fingerprint density at radius 2 is 2.04 bits per heavy atom. The quantitative estimate of drug-likeness (QED) is 0.549. The molecule has 6 nitrogen and oxygen atoms in total. The fourth-order valence-corrected chi connectivity index (χ4v) is 3.91. The Morgan fingerprint density at radius 1 is 1.26 bits per heavy atom. The number of aryl methyl sites for hydroxylation is 1. The van der Waals surface area contributed by atoms with Crippen molar-refractivity contribution in [3.8, 4) is 5.75 Å². The molecular weight excluding hydrogens is 362 g/mol. The van der Waals surface area contributed by atoms with E-state index in [1.807, 2.05) is 13.0 Å².